The van der Waals surface area contributed by atoms with Gasteiger partial charge in [0, 0.05) is 16.6 Å². The van der Waals surface area contributed by atoms with Gasteiger partial charge >= 0.3 is 0 Å². The molecule has 20 heavy (non-hydrogen) atoms. The number of hydrogen-bond donors (Lipinski definition) is 1. The quantitative estimate of drug-likeness (QED) is 0.931. The average molecular weight is 315 g/mol. The summed E-state index contributed by atoms with van der Waals surface area (Å²) in [6, 6.07) is 4.60. The molecular weight excluding hydrogens is 299 g/mol. The highest BCUT2D eigenvalue weighted by atomic mass is 35.5. The molecule has 1 aromatic carbocycles. The number of benzene rings is 1. The first-order valence-corrected chi connectivity index (χ1v) is 7.28. The van der Waals surface area contributed by atoms with Gasteiger partial charge in [-0.3, -0.25) is 9.59 Å². The normalized spacial score (nSPS) is 18.9. The van der Waals surface area contributed by atoms with Crippen molar-refractivity contribution in [2.24, 2.45) is 5.73 Å². The molecule has 2 rings (SSSR count). The van der Waals surface area contributed by atoms with Crippen LogP contribution in [0.15, 0.2) is 18.2 Å². The van der Waals surface area contributed by atoms with Gasteiger partial charge in [-0.2, -0.15) is 0 Å². The summed E-state index contributed by atoms with van der Waals surface area (Å²) in [5.74, 6) is -0.619. The van der Waals surface area contributed by atoms with Crippen molar-refractivity contribution < 1.29 is 9.59 Å². The maximum Gasteiger partial charge on any atom is 0.240 e. The Morgan fingerprint density at radius 3 is 2.50 bits per heavy atom. The van der Waals surface area contributed by atoms with E-state index in [0.29, 0.717) is 28.6 Å². The van der Waals surface area contributed by atoms with Crippen LogP contribution >= 0.6 is 23.2 Å². The molecule has 0 aromatic heterocycles. The molecule has 0 aliphatic carbocycles. The van der Waals surface area contributed by atoms with Gasteiger partial charge in [0.25, 0.3) is 0 Å². The van der Waals surface area contributed by atoms with Gasteiger partial charge in [-0.15, -0.1) is 0 Å². The molecule has 2 amide bonds. The number of hydrogen-bond acceptors (Lipinski definition) is 2. The summed E-state index contributed by atoms with van der Waals surface area (Å²) < 4.78 is 0. The van der Waals surface area contributed by atoms with E-state index in [1.807, 2.05) is 0 Å². The molecule has 1 aliphatic rings. The Hall–Kier alpha value is -1.26. The van der Waals surface area contributed by atoms with Gasteiger partial charge < -0.3 is 10.6 Å². The maximum absolute atomic E-state index is 12.4. The van der Waals surface area contributed by atoms with Crippen molar-refractivity contribution in [3.05, 3.63) is 33.8 Å². The van der Waals surface area contributed by atoms with Crippen molar-refractivity contribution in [1.82, 2.24) is 4.90 Å². The van der Waals surface area contributed by atoms with Crippen LogP contribution in [0.1, 0.15) is 24.8 Å². The molecule has 1 heterocycles. The lowest BCUT2D eigenvalue weighted by atomic mass is 10.0. The molecule has 0 spiro atoms. The fraction of sp³-hybridized carbons (Fsp3) is 0.429. The van der Waals surface area contributed by atoms with Gasteiger partial charge in [0.05, 0.1) is 6.42 Å². The van der Waals surface area contributed by atoms with Crippen molar-refractivity contribution in [1.29, 1.82) is 0 Å². The first-order valence-electron chi connectivity index (χ1n) is 6.52. The van der Waals surface area contributed by atoms with E-state index in [4.69, 9.17) is 28.9 Å². The Kier molecular flexibility index (Phi) is 4.89. The second-order valence-electron chi connectivity index (χ2n) is 4.88. The number of nitrogens with two attached hydrogens (primary N) is 1. The Morgan fingerprint density at radius 1 is 1.25 bits per heavy atom. The van der Waals surface area contributed by atoms with Crippen molar-refractivity contribution in [3.63, 3.8) is 0 Å². The molecule has 1 aromatic rings. The Balaban J connectivity index is 2.16. The molecule has 1 atom stereocenters. The van der Waals surface area contributed by atoms with E-state index in [-0.39, 0.29) is 12.3 Å². The largest absolute Gasteiger partial charge is 0.368 e. The molecule has 0 radical (unpaired) electrons. The summed E-state index contributed by atoms with van der Waals surface area (Å²) >= 11 is 12.1. The lowest BCUT2D eigenvalue weighted by molar-refractivity contribution is -0.140. The summed E-state index contributed by atoms with van der Waals surface area (Å²) in [6.45, 7) is 0.550. The highest BCUT2D eigenvalue weighted by Gasteiger charge is 2.30. The van der Waals surface area contributed by atoms with Gasteiger partial charge in [0.1, 0.15) is 6.04 Å². The number of carbonyl (C=O) groups excluding carboxylic acids is 2. The van der Waals surface area contributed by atoms with Crippen molar-refractivity contribution in [3.8, 4) is 0 Å². The number of carbonyl (C=O) groups is 2. The Bertz CT molecular complexity index is 514. The predicted molar refractivity (Wildman–Crippen MR) is 78.7 cm³/mol. The van der Waals surface area contributed by atoms with E-state index >= 15 is 0 Å². The second-order valence-corrected chi connectivity index (χ2v) is 5.69. The first-order chi connectivity index (χ1) is 9.50. The Morgan fingerprint density at radius 2 is 1.90 bits per heavy atom. The minimum Gasteiger partial charge on any atom is -0.368 e. The molecule has 2 N–H and O–H groups in total. The third-order valence-electron chi connectivity index (χ3n) is 3.54. The predicted octanol–water partition coefficient (Wildman–Crippen LogP) is 2.40. The number of primary amides is 1. The SMILES string of the molecule is NC(=O)C1CCCCN1C(=O)Cc1c(Cl)cccc1Cl. The van der Waals surface area contributed by atoms with Gasteiger partial charge in [0.2, 0.25) is 11.8 Å². The van der Waals surface area contributed by atoms with Crippen LogP contribution in [0.25, 0.3) is 0 Å². The van der Waals surface area contributed by atoms with Gasteiger partial charge in [-0.25, -0.2) is 0 Å². The van der Waals surface area contributed by atoms with Crippen LogP contribution in [-0.2, 0) is 16.0 Å². The van der Waals surface area contributed by atoms with Gasteiger partial charge in [-0.1, -0.05) is 29.3 Å². The van der Waals surface area contributed by atoms with Crippen molar-refractivity contribution in [2.45, 2.75) is 31.7 Å². The third kappa shape index (κ3) is 3.25. The second kappa shape index (κ2) is 6.46. The van der Waals surface area contributed by atoms with Crippen LogP contribution in [0.3, 0.4) is 0 Å². The molecule has 1 aliphatic heterocycles. The molecule has 0 saturated carbocycles. The van der Waals surface area contributed by atoms with Crippen LogP contribution in [0, 0.1) is 0 Å². The monoisotopic (exact) mass is 314 g/mol. The molecule has 0 bridgehead atoms. The molecular formula is C14H16Cl2N2O2. The molecule has 4 nitrogen and oxygen atoms in total. The molecule has 6 heteroatoms. The maximum atomic E-state index is 12.4. The highest BCUT2D eigenvalue weighted by molar-refractivity contribution is 6.36. The van der Waals surface area contributed by atoms with Crippen LogP contribution in [0.2, 0.25) is 10.0 Å². The molecule has 1 unspecified atom stereocenters. The number of piperidine rings is 1. The van der Waals surface area contributed by atoms with Crippen LogP contribution in [0.4, 0.5) is 0 Å². The number of nitrogens with zero attached hydrogens (tertiary/aromatic N) is 1. The van der Waals surface area contributed by atoms with E-state index in [2.05, 4.69) is 0 Å². The van der Waals surface area contributed by atoms with Crippen LogP contribution in [0.5, 0.6) is 0 Å². The van der Waals surface area contributed by atoms with Gasteiger partial charge in [-0.05, 0) is 37.0 Å². The topological polar surface area (TPSA) is 63.4 Å². The fourth-order valence-corrected chi connectivity index (χ4v) is 3.01. The minimum absolute atomic E-state index is 0.0856. The van der Waals surface area contributed by atoms with E-state index in [1.54, 1.807) is 23.1 Å². The highest BCUT2D eigenvalue weighted by Crippen LogP contribution is 2.26. The fourth-order valence-electron chi connectivity index (χ4n) is 2.48. The zero-order valence-electron chi connectivity index (χ0n) is 10.9. The number of rotatable bonds is 3. The van der Waals surface area contributed by atoms with E-state index in [9.17, 15) is 9.59 Å². The zero-order valence-corrected chi connectivity index (χ0v) is 12.5. The number of likely N-dealkylation sites (tertiary alicyclic amines) is 1. The standard InChI is InChI=1S/C14H16Cl2N2O2/c15-10-4-3-5-11(16)9(10)8-13(19)18-7-2-1-6-12(18)14(17)20/h3-5,12H,1-2,6-8H2,(H2,17,20). The first kappa shape index (κ1) is 15.1. The van der Waals surface area contributed by atoms with Gasteiger partial charge in [0.15, 0.2) is 0 Å². The zero-order chi connectivity index (χ0) is 14.7. The van der Waals surface area contributed by atoms with E-state index in [1.165, 1.54) is 0 Å². The summed E-state index contributed by atoms with van der Waals surface area (Å²) in [7, 11) is 0. The molecule has 1 fully saturated rings. The summed E-state index contributed by atoms with van der Waals surface area (Å²) in [5, 5.41) is 0.914. The molecule has 1 saturated heterocycles. The average Bonchev–Trinajstić information content (AvgIpc) is 2.43. The van der Waals surface area contributed by atoms with E-state index in [0.717, 1.165) is 12.8 Å². The van der Waals surface area contributed by atoms with Crippen molar-refractivity contribution in [2.75, 3.05) is 6.54 Å². The lowest BCUT2D eigenvalue weighted by Crippen LogP contribution is -2.51. The summed E-state index contributed by atoms with van der Waals surface area (Å²) in [6.07, 6.45) is 2.50. The third-order valence-corrected chi connectivity index (χ3v) is 4.25. The Labute approximate surface area is 127 Å². The number of amides is 2. The molecule has 108 valence electrons. The van der Waals surface area contributed by atoms with Crippen LogP contribution < -0.4 is 5.73 Å². The summed E-state index contributed by atoms with van der Waals surface area (Å²) in [5.41, 5.74) is 5.96. The summed E-state index contributed by atoms with van der Waals surface area (Å²) in [4.78, 5) is 25.4. The lowest BCUT2D eigenvalue weighted by Gasteiger charge is -2.33. The smallest absolute Gasteiger partial charge is 0.240 e. The van der Waals surface area contributed by atoms with Crippen molar-refractivity contribution >= 4 is 35.0 Å². The number of halogens is 2. The minimum atomic E-state index is -0.516. The van der Waals surface area contributed by atoms with E-state index < -0.39 is 11.9 Å². The van der Waals surface area contributed by atoms with Crippen LogP contribution in [-0.4, -0.2) is 29.3 Å².